The van der Waals surface area contributed by atoms with Gasteiger partial charge in [0.1, 0.15) is 11.0 Å². The third kappa shape index (κ3) is 0.680. The monoisotopic (exact) mass is 132 g/mol. The molecule has 47 valence electrons. The molecule has 5 nitrogen and oxygen atoms in total. The fraction of sp³-hybridized carbons (Fsp3) is 0. The molecule has 1 radical (unpaired) electrons. The lowest BCUT2D eigenvalue weighted by Crippen LogP contribution is -1.89. The second-order valence-corrected chi connectivity index (χ2v) is 1.67. The minimum absolute atomic E-state index is 0.633. The molecule has 0 bridgehead atoms. The van der Waals surface area contributed by atoms with Gasteiger partial charge in [-0.05, 0) is 0 Å². The number of fused-ring (bicyclic) bond motifs is 1. The van der Waals surface area contributed by atoms with E-state index in [1.807, 2.05) is 0 Å². The van der Waals surface area contributed by atoms with Gasteiger partial charge in [-0.2, -0.15) is 10.2 Å². The normalized spacial score (nSPS) is 10.0. The molecule has 2 heterocycles. The molecule has 2 aromatic rings. The maximum Gasteiger partial charge on any atom is 0.222 e. The Labute approximate surface area is 56.1 Å². The van der Waals surface area contributed by atoms with E-state index in [2.05, 4.69) is 31.7 Å². The quantitative estimate of drug-likeness (QED) is 0.488. The number of rotatable bonds is 0. The van der Waals surface area contributed by atoms with Gasteiger partial charge in [0.25, 0.3) is 0 Å². The van der Waals surface area contributed by atoms with Crippen LogP contribution >= 0.6 is 0 Å². The van der Waals surface area contributed by atoms with Gasteiger partial charge >= 0.3 is 0 Å². The largest absolute Gasteiger partial charge is 0.222 e. The highest BCUT2D eigenvalue weighted by molar-refractivity contribution is 5.69. The van der Waals surface area contributed by atoms with Crippen LogP contribution < -0.4 is 0 Å². The Morgan fingerprint density at radius 1 is 1.10 bits per heavy atom. The van der Waals surface area contributed by atoms with Crippen LogP contribution in [0, 0.1) is 6.33 Å². The first-order chi connectivity index (χ1) is 4.97. The Balaban J connectivity index is 2.89. The van der Waals surface area contributed by atoms with E-state index in [4.69, 9.17) is 0 Å². The lowest BCUT2D eigenvalue weighted by atomic mass is 10.5. The van der Waals surface area contributed by atoms with Crippen molar-refractivity contribution in [2.75, 3.05) is 0 Å². The molecule has 0 amide bonds. The fourth-order valence-corrected chi connectivity index (χ4v) is 0.624. The summed E-state index contributed by atoms with van der Waals surface area (Å²) in [6.45, 7) is 0. The van der Waals surface area contributed by atoms with E-state index < -0.39 is 0 Å². The molecule has 0 aliphatic rings. The summed E-state index contributed by atoms with van der Waals surface area (Å²) < 4.78 is 0. The van der Waals surface area contributed by atoms with Crippen molar-refractivity contribution in [3.05, 3.63) is 18.7 Å². The zero-order chi connectivity index (χ0) is 6.81. The average molecular weight is 132 g/mol. The van der Waals surface area contributed by atoms with Gasteiger partial charge in [0.2, 0.25) is 6.33 Å². The van der Waals surface area contributed by atoms with Crippen molar-refractivity contribution in [3.8, 4) is 0 Å². The topological polar surface area (TPSA) is 64.5 Å². The molecule has 0 saturated heterocycles. The average Bonchev–Trinajstić information content (AvgIpc) is 2.05. The molecular weight excluding hydrogens is 130 g/mol. The van der Waals surface area contributed by atoms with E-state index in [0.29, 0.717) is 11.0 Å². The van der Waals surface area contributed by atoms with E-state index in [-0.39, 0.29) is 0 Å². The maximum atomic E-state index is 3.78. The molecule has 0 aliphatic carbocycles. The van der Waals surface area contributed by atoms with Gasteiger partial charge < -0.3 is 0 Å². The molecule has 0 aromatic carbocycles. The standard InChI is InChI=1S/C5H2N5/c1-4-5(2-8-7-1)10-9-3-6-4/h1-2H. The second kappa shape index (κ2) is 1.94. The maximum absolute atomic E-state index is 3.78. The molecule has 0 N–H and O–H groups in total. The number of aromatic nitrogens is 5. The van der Waals surface area contributed by atoms with Crippen LogP contribution in [0.2, 0.25) is 0 Å². The Morgan fingerprint density at radius 2 is 1.90 bits per heavy atom. The highest BCUT2D eigenvalue weighted by Gasteiger charge is 1.92. The third-order valence-electron chi connectivity index (χ3n) is 1.06. The highest BCUT2D eigenvalue weighted by atomic mass is 15.2. The minimum Gasteiger partial charge on any atom is -0.220 e. The summed E-state index contributed by atoms with van der Waals surface area (Å²) in [4.78, 5) is 3.78. The molecule has 0 spiro atoms. The molecule has 2 rings (SSSR count). The van der Waals surface area contributed by atoms with Gasteiger partial charge in [0.05, 0.1) is 12.4 Å². The molecule has 0 saturated carbocycles. The Kier molecular flexibility index (Phi) is 1.00. The van der Waals surface area contributed by atoms with E-state index in [0.717, 1.165) is 0 Å². The smallest absolute Gasteiger partial charge is 0.220 e. The molecule has 0 atom stereocenters. The van der Waals surface area contributed by atoms with Crippen molar-refractivity contribution in [2.24, 2.45) is 0 Å². The predicted molar refractivity (Wildman–Crippen MR) is 31.8 cm³/mol. The van der Waals surface area contributed by atoms with Crippen molar-refractivity contribution in [1.29, 1.82) is 0 Å². The van der Waals surface area contributed by atoms with E-state index in [1.54, 1.807) is 0 Å². The summed E-state index contributed by atoms with van der Waals surface area (Å²) in [6.07, 6.45) is 5.37. The SMILES string of the molecule is [c]1nnc2cnncc2n1. The van der Waals surface area contributed by atoms with Crippen molar-refractivity contribution < 1.29 is 0 Å². The molecule has 10 heavy (non-hydrogen) atoms. The van der Waals surface area contributed by atoms with Crippen molar-refractivity contribution in [1.82, 2.24) is 25.4 Å². The number of hydrogen-bond acceptors (Lipinski definition) is 5. The Morgan fingerprint density at radius 3 is 2.70 bits per heavy atom. The molecular formula is C5H2N5. The predicted octanol–water partition coefficient (Wildman–Crippen LogP) is -0.385. The van der Waals surface area contributed by atoms with Crippen LogP contribution in [-0.4, -0.2) is 25.4 Å². The van der Waals surface area contributed by atoms with Crippen molar-refractivity contribution in [2.45, 2.75) is 0 Å². The molecule has 0 aliphatic heterocycles. The van der Waals surface area contributed by atoms with Crippen LogP contribution in [-0.2, 0) is 0 Å². The van der Waals surface area contributed by atoms with Crippen LogP contribution in [0.3, 0.4) is 0 Å². The van der Waals surface area contributed by atoms with Crippen LogP contribution in [0.1, 0.15) is 0 Å². The summed E-state index contributed by atoms with van der Waals surface area (Å²) in [5, 5.41) is 14.4. The summed E-state index contributed by atoms with van der Waals surface area (Å²) in [6, 6.07) is 0. The fourth-order valence-electron chi connectivity index (χ4n) is 0.624. The molecule has 5 heteroatoms. The second-order valence-electron chi connectivity index (χ2n) is 1.67. The van der Waals surface area contributed by atoms with Crippen LogP contribution in [0.5, 0.6) is 0 Å². The summed E-state index contributed by atoms with van der Waals surface area (Å²) in [5.74, 6) is 0. The first kappa shape index (κ1) is 5.16. The molecule has 0 fully saturated rings. The van der Waals surface area contributed by atoms with Gasteiger partial charge in [-0.1, -0.05) is 0 Å². The lowest BCUT2D eigenvalue weighted by Gasteiger charge is -1.87. The minimum atomic E-state index is 0.633. The number of nitrogens with zero attached hydrogens (tertiary/aromatic N) is 5. The summed E-state index contributed by atoms with van der Waals surface area (Å²) in [7, 11) is 0. The molecule has 2 aromatic heterocycles. The van der Waals surface area contributed by atoms with Crippen LogP contribution in [0.15, 0.2) is 12.4 Å². The van der Waals surface area contributed by atoms with Crippen molar-refractivity contribution in [3.63, 3.8) is 0 Å². The Hall–Kier alpha value is -1.65. The van der Waals surface area contributed by atoms with Crippen LogP contribution in [0.25, 0.3) is 11.0 Å². The van der Waals surface area contributed by atoms with Crippen molar-refractivity contribution >= 4 is 11.0 Å². The van der Waals surface area contributed by atoms with Gasteiger partial charge in [0.15, 0.2) is 0 Å². The van der Waals surface area contributed by atoms with Crippen LogP contribution in [0.4, 0.5) is 0 Å². The summed E-state index contributed by atoms with van der Waals surface area (Å²) in [5.41, 5.74) is 1.29. The zero-order valence-electron chi connectivity index (χ0n) is 4.89. The lowest BCUT2D eigenvalue weighted by molar-refractivity contribution is 0.972. The zero-order valence-corrected chi connectivity index (χ0v) is 4.89. The third-order valence-corrected chi connectivity index (χ3v) is 1.06. The van der Waals surface area contributed by atoms with E-state index >= 15 is 0 Å². The first-order valence-corrected chi connectivity index (χ1v) is 2.64. The van der Waals surface area contributed by atoms with E-state index in [9.17, 15) is 0 Å². The van der Waals surface area contributed by atoms with Gasteiger partial charge in [-0.15, -0.1) is 10.2 Å². The number of hydrogen-bond donors (Lipinski definition) is 0. The molecule has 0 unspecified atom stereocenters. The van der Waals surface area contributed by atoms with Gasteiger partial charge in [-0.3, -0.25) is 0 Å². The van der Waals surface area contributed by atoms with E-state index in [1.165, 1.54) is 12.4 Å². The van der Waals surface area contributed by atoms with Gasteiger partial charge in [0, 0.05) is 0 Å². The Bertz CT molecular complexity index is 281. The highest BCUT2D eigenvalue weighted by Crippen LogP contribution is 1.98. The first-order valence-electron chi connectivity index (χ1n) is 2.64. The van der Waals surface area contributed by atoms with Gasteiger partial charge in [-0.25, -0.2) is 4.98 Å². The summed E-state index contributed by atoms with van der Waals surface area (Å²) >= 11 is 0.